The van der Waals surface area contributed by atoms with Gasteiger partial charge < -0.3 is 15.7 Å². The molecule has 2 aromatic carbocycles. The van der Waals surface area contributed by atoms with Crippen LogP contribution in [0.15, 0.2) is 42.5 Å². The Bertz CT molecular complexity index is 730. The van der Waals surface area contributed by atoms with E-state index in [-0.39, 0.29) is 18.2 Å². The summed E-state index contributed by atoms with van der Waals surface area (Å²) in [6.45, 7) is 4.69. The number of aromatic hydroxyl groups is 1. The molecule has 0 aliphatic carbocycles. The van der Waals surface area contributed by atoms with Crippen molar-refractivity contribution in [2.24, 2.45) is 0 Å². The molecule has 5 heteroatoms. The van der Waals surface area contributed by atoms with Crippen LogP contribution in [-0.2, 0) is 13.0 Å². The van der Waals surface area contributed by atoms with Crippen molar-refractivity contribution < 1.29 is 9.90 Å². The molecule has 24 heavy (non-hydrogen) atoms. The predicted octanol–water partition coefficient (Wildman–Crippen LogP) is 3.11. The molecular formula is C19H22N2O2S. The number of benzene rings is 2. The van der Waals surface area contributed by atoms with Crippen LogP contribution < -0.4 is 10.6 Å². The number of hydrogen-bond donors (Lipinski definition) is 3. The monoisotopic (exact) mass is 342 g/mol. The molecule has 1 amide bonds. The van der Waals surface area contributed by atoms with Gasteiger partial charge in [0.25, 0.3) is 5.91 Å². The second-order valence-electron chi connectivity index (χ2n) is 5.53. The van der Waals surface area contributed by atoms with E-state index in [0.29, 0.717) is 23.5 Å². The van der Waals surface area contributed by atoms with Gasteiger partial charge in [0.05, 0.1) is 11.5 Å². The highest BCUT2D eigenvalue weighted by molar-refractivity contribution is 7.80. The Morgan fingerprint density at radius 3 is 2.50 bits per heavy atom. The van der Waals surface area contributed by atoms with E-state index in [1.54, 1.807) is 12.1 Å². The topological polar surface area (TPSA) is 61.4 Å². The highest BCUT2D eigenvalue weighted by Crippen LogP contribution is 2.24. The van der Waals surface area contributed by atoms with Crippen LogP contribution in [0.1, 0.15) is 34.0 Å². The van der Waals surface area contributed by atoms with Crippen LogP contribution in [0.4, 0.5) is 0 Å². The largest absolute Gasteiger partial charge is 0.508 e. The molecular weight excluding hydrogens is 320 g/mol. The standard InChI is InChI=1S/C19H22N2O2S/c1-3-15-13(2)17(22)10-9-16(15)19(23)21-12-18(24)20-11-14-7-5-4-6-8-14/h4-10,22H,3,11-12H2,1-2H3,(H,20,24)(H,21,23). The fourth-order valence-corrected chi connectivity index (χ4v) is 2.67. The summed E-state index contributed by atoms with van der Waals surface area (Å²) in [5, 5.41) is 15.7. The Kier molecular flexibility index (Phi) is 6.32. The third-order valence-corrected chi connectivity index (χ3v) is 4.20. The number of amides is 1. The van der Waals surface area contributed by atoms with Gasteiger partial charge in [0, 0.05) is 12.1 Å². The van der Waals surface area contributed by atoms with Crippen molar-refractivity contribution >= 4 is 23.1 Å². The van der Waals surface area contributed by atoms with Crippen LogP contribution in [-0.4, -0.2) is 22.5 Å². The first-order valence-corrected chi connectivity index (χ1v) is 8.34. The van der Waals surface area contributed by atoms with Gasteiger partial charge in [0.15, 0.2) is 0 Å². The van der Waals surface area contributed by atoms with Gasteiger partial charge in [0.2, 0.25) is 0 Å². The van der Waals surface area contributed by atoms with Gasteiger partial charge in [-0.25, -0.2) is 0 Å². The zero-order valence-corrected chi connectivity index (χ0v) is 14.7. The van der Waals surface area contributed by atoms with Crippen molar-refractivity contribution in [2.75, 3.05) is 6.54 Å². The predicted molar refractivity (Wildman–Crippen MR) is 100 cm³/mol. The van der Waals surface area contributed by atoms with E-state index in [2.05, 4.69) is 10.6 Å². The lowest BCUT2D eigenvalue weighted by Gasteiger charge is -2.13. The number of phenols is 1. The molecule has 2 aromatic rings. The molecule has 3 N–H and O–H groups in total. The summed E-state index contributed by atoms with van der Waals surface area (Å²) in [5.41, 5.74) is 3.32. The molecule has 0 heterocycles. The quantitative estimate of drug-likeness (QED) is 0.706. The SMILES string of the molecule is CCc1c(C(=O)NCC(=S)NCc2ccccc2)ccc(O)c1C. The molecule has 0 spiro atoms. The van der Waals surface area contributed by atoms with Crippen molar-refractivity contribution in [1.29, 1.82) is 0 Å². The molecule has 0 unspecified atom stereocenters. The number of nitrogens with one attached hydrogen (secondary N) is 2. The second-order valence-corrected chi connectivity index (χ2v) is 6.03. The Labute approximate surface area is 147 Å². The second kappa shape index (κ2) is 8.45. The number of carbonyl (C=O) groups excluding carboxylic acids is 1. The summed E-state index contributed by atoms with van der Waals surface area (Å²) in [4.78, 5) is 13.0. The molecule has 0 aromatic heterocycles. The smallest absolute Gasteiger partial charge is 0.251 e. The normalized spacial score (nSPS) is 10.2. The summed E-state index contributed by atoms with van der Waals surface area (Å²) in [7, 11) is 0. The molecule has 0 saturated carbocycles. The van der Waals surface area contributed by atoms with E-state index in [4.69, 9.17) is 12.2 Å². The molecule has 4 nitrogen and oxygen atoms in total. The van der Waals surface area contributed by atoms with Gasteiger partial charge >= 0.3 is 0 Å². The first-order chi connectivity index (χ1) is 11.5. The number of phenolic OH excluding ortho intramolecular Hbond substituents is 1. The van der Waals surface area contributed by atoms with Crippen LogP contribution in [0.3, 0.4) is 0 Å². The lowest BCUT2D eigenvalue weighted by Crippen LogP contribution is -2.35. The van der Waals surface area contributed by atoms with Gasteiger partial charge in [-0.3, -0.25) is 4.79 Å². The highest BCUT2D eigenvalue weighted by Gasteiger charge is 2.14. The number of hydrogen-bond acceptors (Lipinski definition) is 3. The fourth-order valence-electron chi connectivity index (χ4n) is 2.53. The molecule has 0 aliphatic rings. The van der Waals surface area contributed by atoms with Gasteiger partial charge in [-0.05, 0) is 42.2 Å². The van der Waals surface area contributed by atoms with E-state index in [9.17, 15) is 9.90 Å². The van der Waals surface area contributed by atoms with Crippen molar-refractivity contribution in [2.45, 2.75) is 26.8 Å². The van der Waals surface area contributed by atoms with Crippen LogP contribution >= 0.6 is 12.2 Å². The van der Waals surface area contributed by atoms with E-state index >= 15 is 0 Å². The average Bonchev–Trinajstić information content (AvgIpc) is 2.60. The number of thiocarbonyl (C=S) groups is 1. The van der Waals surface area contributed by atoms with Crippen LogP contribution in [0.5, 0.6) is 5.75 Å². The molecule has 0 saturated heterocycles. The third kappa shape index (κ3) is 4.55. The molecule has 126 valence electrons. The maximum Gasteiger partial charge on any atom is 0.251 e. The van der Waals surface area contributed by atoms with Gasteiger partial charge in [0.1, 0.15) is 5.75 Å². The van der Waals surface area contributed by atoms with Gasteiger partial charge in [-0.15, -0.1) is 0 Å². The van der Waals surface area contributed by atoms with E-state index < -0.39 is 0 Å². The number of rotatable bonds is 6. The fraction of sp³-hybridized carbons (Fsp3) is 0.263. The van der Waals surface area contributed by atoms with Gasteiger partial charge in [-0.2, -0.15) is 0 Å². The van der Waals surface area contributed by atoms with Gasteiger partial charge in [-0.1, -0.05) is 49.5 Å². The first kappa shape index (κ1) is 17.9. The minimum atomic E-state index is -0.182. The Balaban J connectivity index is 1.91. The van der Waals surface area contributed by atoms with Crippen molar-refractivity contribution in [1.82, 2.24) is 10.6 Å². The molecule has 0 bridgehead atoms. The summed E-state index contributed by atoms with van der Waals surface area (Å²) in [6, 6.07) is 13.1. The van der Waals surface area contributed by atoms with E-state index in [0.717, 1.165) is 16.7 Å². The molecule has 0 aliphatic heterocycles. The maximum atomic E-state index is 12.4. The minimum Gasteiger partial charge on any atom is -0.508 e. The average molecular weight is 342 g/mol. The summed E-state index contributed by atoms with van der Waals surface area (Å²) >= 11 is 5.26. The maximum absolute atomic E-state index is 12.4. The van der Waals surface area contributed by atoms with E-state index in [1.807, 2.05) is 44.2 Å². The number of carbonyl (C=O) groups is 1. The van der Waals surface area contributed by atoms with Crippen LogP contribution in [0.25, 0.3) is 0 Å². The van der Waals surface area contributed by atoms with Crippen LogP contribution in [0, 0.1) is 6.92 Å². The summed E-state index contributed by atoms with van der Waals surface area (Å²) in [5.74, 6) is 0.0299. The molecule has 2 rings (SSSR count). The molecule has 0 atom stereocenters. The Hall–Kier alpha value is -2.40. The van der Waals surface area contributed by atoms with Crippen molar-refractivity contribution in [3.05, 3.63) is 64.7 Å². The zero-order valence-electron chi connectivity index (χ0n) is 13.9. The van der Waals surface area contributed by atoms with Crippen LogP contribution in [0.2, 0.25) is 0 Å². The third-order valence-electron chi connectivity index (χ3n) is 3.91. The minimum absolute atomic E-state index is 0.182. The Morgan fingerprint density at radius 1 is 1.12 bits per heavy atom. The van der Waals surface area contributed by atoms with Crippen molar-refractivity contribution in [3.63, 3.8) is 0 Å². The zero-order chi connectivity index (χ0) is 17.5. The molecule has 0 radical (unpaired) electrons. The first-order valence-electron chi connectivity index (χ1n) is 7.93. The van der Waals surface area contributed by atoms with Crippen molar-refractivity contribution in [3.8, 4) is 5.75 Å². The summed E-state index contributed by atoms with van der Waals surface area (Å²) < 4.78 is 0. The lowest BCUT2D eigenvalue weighted by atomic mass is 9.98. The highest BCUT2D eigenvalue weighted by atomic mass is 32.1. The van der Waals surface area contributed by atoms with E-state index in [1.165, 1.54) is 0 Å². The molecule has 0 fully saturated rings. The lowest BCUT2D eigenvalue weighted by molar-refractivity contribution is 0.0958. The summed E-state index contributed by atoms with van der Waals surface area (Å²) in [6.07, 6.45) is 0.680. The Morgan fingerprint density at radius 2 is 1.83 bits per heavy atom.